The molecule has 0 unspecified atom stereocenters. The van der Waals surface area contributed by atoms with Crippen LogP contribution in [0.1, 0.15) is 22.3 Å². The van der Waals surface area contributed by atoms with Crippen LogP contribution in [0.2, 0.25) is 0 Å². The van der Waals surface area contributed by atoms with E-state index in [1.54, 1.807) is 24.3 Å². The molecular formula is C23H21N3O4S. The van der Waals surface area contributed by atoms with Crippen molar-refractivity contribution >= 4 is 21.6 Å². The van der Waals surface area contributed by atoms with Gasteiger partial charge in [-0.2, -0.15) is 5.26 Å². The summed E-state index contributed by atoms with van der Waals surface area (Å²) < 4.78 is 32.6. The second-order valence-corrected chi connectivity index (χ2v) is 8.46. The Bertz CT molecular complexity index is 1200. The zero-order valence-corrected chi connectivity index (χ0v) is 17.6. The average molecular weight is 436 g/mol. The number of nitriles is 1. The van der Waals surface area contributed by atoms with Gasteiger partial charge in [0.15, 0.2) is 5.75 Å². The summed E-state index contributed by atoms with van der Waals surface area (Å²) in [5.41, 5.74) is 1.89. The first-order chi connectivity index (χ1) is 14.9. The third kappa shape index (κ3) is 5.92. The minimum absolute atomic E-state index is 0.0186. The average Bonchev–Trinajstić information content (AvgIpc) is 2.77. The Morgan fingerprint density at radius 3 is 2.35 bits per heavy atom. The fraction of sp³-hybridized carbons (Fsp3) is 0.130. The first-order valence-electron chi connectivity index (χ1n) is 9.50. The minimum Gasteiger partial charge on any atom is -0.455 e. The van der Waals surface area contributed by atoms with E-state index in [-0.39, 0.29) is 17.9 Å². The van der Waals surface area contributed by atoms with Gasteiger partial charge in [-0.15, -0.1) is 0 Å². The van der Waals surface area contributed by atoms with Gasteiger partial charge in [0.25, 0.3) is 5.91 Å². The molecule has 0 bridgehead atoms. The molecule has 2 N–H and O–H groups in total. The number of benzene rings is 3. The molecule has 0 spiro atoms. The van der Waals surface area contributed by atoms with Crippen LogP contribution in [0.5, 0.6) is 11.5 Å². The largest absolute Gasteiger partial charge is 0.455 e. The second-order valence-electron chi connectivity index (χ2n) is 6.70. The van der Waals surface area contributed by atoms with Crippen molar-refractivity contribution in [2.45, 2.75) is 18.2 Å². The zero-order valence-electron chi connectivity index (χ0n) is 16.8. The molecule has 3 rings (SSSR count). The highest BCUT2D eigenvalue weighted by atomic mass is 32.2. The molecular weight excluding hydrogens is 414 g/mol. The van der Waals surface area contributed by atoms with Crippen molar-refractivity contribution in [1.29, 1.82) is 5.26 Å². The molecule has 0 saturated heterocycles. The quantitative estimate of drug-likeness (QED) is 0.515. The zero-order chi connectivity index (χ0) is 22.3. The Morgan fingerprint density at radius 2 is 1.68 bits per heavy atom. The summed E-state index contributed by atoms with van der Waals surface area (Å²) in [5, 5.41) is 11.3. The topological polar surface area (TPSA) is 108 Å². The summed E-state index contributed by atoms with van der Waals surface area (Å²) in [4.78, 5) is 12.7. The number of hydrogen-bond donors (Lipinski definition) is 2. The third-order valence-electron chi connectivity index (χ3n) is 4.34. The van der Waals surface area contributed by atoms with Crippen molar-refractivity contribution in [1.82, 2.24) is 4.72 Å². The van der Waals surface area contributed by atoms with E-state index >= 15 is 0 Å². The third-order valence-corrected chi connectivity index (χ3v) is 5.82. The summed E-state index contributed by atoms with van der Waals surface area (Å²) in [6.45, 7) is 2.01. The lowest BCUT2D eigenvalue weighted by atomic mass is 10.2. The minimum atomic E-state index is -3.73. The molecule has 0 aliphatic heterocycles. The highest BCUT2D eigenvalue weighted by Gasteiger charge is 2.15. The van der Waals surface area contributed by atoms with E-state index in [9.17, 15) is 13.2 Å². The van der Waals surface area contributed by atoms with E-state index in [0.717, 1.165) is 5.56 Å². The Hall–Kier alpha value is -3.67. The molecule has 3 aromatic carbocycles. The number of aryl methyl sites for hydroxylation is 1. The number of rotatable bonds is 8. The van der Waals surface area contributed by atoms with Gasteiger partial charge in [-0.3, -0.25) is 4.79 Å². The number of para-hydroxylation sites is 2. The molecule has 8 heteroatoms. The number of anilines is 1. The summed E-state index contributed by atoms with van der Waals surface area (Å²) in [7, 11) is -3.73. The van der Waals surface area contributed by atoms with Crippen molar-refractivity contribution in [3.8, 4) is 17.6 Å². The highest BCUT2D eigenvalue weighted by molar-refractivity contribution is 7.89. The number of carbonyl (C=O) groups excluding carboxylic acids is 1. The van der Waals surface area contributed by atoms with E-state index in [2.05, 4.69) is 10.0 Å². The summed E-state index contributed by atoms with van der Waals surface area (Å²) in [6, 6.07) is 22.0. The van der Waals surface area contributed by atoms with E-state index in [0.29, 0.717) is 22.7 Å². The van der Waals surface area contributed by atoms with Gasteiger partial charge in [0.1, 0.15) is 5.75 Å². The molecule has 1 amide bonds. The van der Waals surface area contributed by atoms with E-state index in [1.807, 2.05) is 37.3 Å². The highest BCUT2D eigenvalue weighted by Crippen LogP contribution is 2.29. The van der Waals surface area contributed by atoms with E-state index < -0.39 is 15.9 Å². The fourth-order valence-corrected chi connectivity index (χ4v) is 3.73. The lowest BCUT2D eigenvalue weighted by Crippen LogP contribution is -2.24. The van der Waals surface area contributed by atoms with E-state index in [1.165, 1.54) is 24.3 Å². The molecule has 31 heavy (non-hydrogen) atoms. The van der Waals surface area contributed by atoms with Crippen molar-refractivity contribution < 1.29 is 17.9 Å². The lowest BCUT2D eigenvalue weighted by molar-refractivity contribution is 0.102. The van der Waals surface area contributed by atoms with Crippen LogP contribution in [0.4, 0.5) is 5.69 Å². The van der Waals surface area contributed by atoms with Crippen LogP contribution >= 0.6 is 0 Å². The van der Waals surface area contributed by atoms with Gasteiger partial charge in [-0.05, 0) is 55.5 Å². The second kappa shape index (κ2) is 9.89. The van der Waals surface area contributed by atoms with Crippen molar-refractivity contribution in [3.05, 3.63) is 83.9 Å². The molecule has 158 valence electrons. The fourth-order valence-electron chi connectivity index (χ4n) is 2.70. The van der Waals surface area contributed by atoms with Crippen molar-refractivity contribution in [3.63, 3.8) is 0 Å². The maximum atomic E-state index is 12.7. The van der Waals surface area contributed by atoms with Crippen LogP contribution in [0.15, 0.2) is 77.7 Å². The van der Waals surface area contributed by atoms with Gasteiger partial charge in [-0.1, -0.05) is 29.8 Å². The Labute approximate surface area is 181 Å². The number of ether oxygens (including phenoxy) is 1. The first-order valence-corrected chi connectivity index (χ1v) is 11.0. The van der Waals surface area contributed by atoms with Crippen LogP contribution in [-0.4, -0.2) is 20.9 Å². The Kier molecular flexibility index (Phi) is 7.03. The van der Waals surface area contributed by atoms with Crippen molar-refractivity contribution in [2.75, 3.05) is 11.9 Å². The smallest absolute Gasteiger partial charge is 0.255 e. The summed E-state index contributed by atoms with van der Waals surface area (Å²) in [5.74, 6) is 0.729. The van der Waals surface area contributed by atoms with Gasteiger partial charge >= 0.3 is 0 Å². The van der Waals surface area contributed by atoms with Gasteiger partial charge in [0.05, 0.1) is 16.7 Å². The maximum absolute atomic E-state index is 12.7. The van der Waals surface area contributed by atoms with Crippen LogP contribution in [0, 0.1) is 18.3 Å². The first kappa shape index (κ1) is 22.0. The standard InChI is InChI=1S/C23H21N3O4S/c1-17-7-11-19(12-8-17)30-22-6-3-2-5-21(22)26-23(27)18-9-13-20(14-10-18)31(28,29)25-16-4-15-24/h2-3,5-14,25H,4,16H2,1H3,(H,26,27). The predicted molar refractivity (Wildman–Crippen MR) is 118 cm³/mol. The maximum Gasteiger partial charge on any atom is 0.255 e. The molecule has 3 aromatic rings. The predicted octanol–water partition coefficient (Wildman–Crippen LogP) is 4.23. The van der Waals surface area contributed by atoms with Gasteiger partial charge < -0.3 is 10.1 Å². The molecule has 0 heterocycles. The Balaban J connectivity index is 1.72. The van der Waals surface area contributed by atoms with E-state index in [4.69, 9.17) is 10.00 Å². The molecule has 0 saturated carbocycles. The van der Waals surface area contributed by atoms with Crippen LogP contribution in [0.25, 0.3) is 0 Å². The van der Waals surface area contributed by atoms with Crippen molar-refractivity contribution in [2.24, 2.45) is 0 Å². The number of nitrogens with zero attached hydrogens (tertiary/aromatic N) is 1. The van der Waals surface area contributed by atoms with Gasteiger partial charge in [-0.25, -0.2) is 13.1 Å². The SMILES string of the molecule is Cc1ccc(Oc2ccccc2NC(=O)c2ccc(S(=O)(=O)NCCC#N)cc2)cc1. The summed E-state index contributed by atoms with van der Waals surface area (Å²) >= 11 is 0. The monoisotopic (exact) mass is 435 g/mol. The van der Waals surface area contributed by atoms with Crippen LogP contribution in [0.3, 0.4) is 0 Å². The molecule has 0 aliphatic rings. The van der Waals surface area contributed by atoms with Gasteiger partial charge in [0, 0.05) is 18.5 Å². The summed E-state index contributed by atoms with van der Waals surface area (Å²) in [6.07, 6.45) is 0.0732. The number of amides is 1. The molecule has 7 nitrogen and oxygen atoms in total. The number of hydrogen-bond acceptors (Lipinski definition) is 5. The lowest BCUT2D eigenvalue weighted by Gasteiger charge is -2.13. The molecule has 0 radical (unpaired) electrons. The number of nitrogens with one attached hydrogen (secondary N) is 2. The normalized spacial score (nSPS) is 10.8. The molecule has 0 atom stereocenters. The van der Waals surface area contributed by atoms with Gasteiger partial charge in [0.2, 0.25) is 10.0 Å². The number of sulfonamides is 1. The van der Waals surface area contributed by atoms with Crippen LogP contribution in [-0.2, 0) is 10.0 Å². The molecule has 0 aliphatic carbocycles. The Morgan fingerprint density at radius 1 is 1.00 bits per heavy atom. The van der Waals surface area contributed by atoms with Crippen LogP contribution < -0.4 is 14.8 Å². The number of carbonyl (C=O) groups is 1. The molecule has 0 fully saturated rings. The molecule has 0 aromatic heterocycles.